The van der Waals surface area contributed by atoms with Crippen LogP contribution in [0.4, 0.5) is 0 Å². The van der Waals surface area contributed by atoms with Gasteiger partial charge in [0.25, 0.3) is 0 Å². The van der Waals surface area contributed by atoms with E-state index in [0.717, 1.165) is 86.3 Å². The molecule has 0 saturated carbocycles. The fourth-order valence-corrected chi connectivity index (χ4v) is 5.79. The Morgan fingerprint density at radius 1 is 1.06 bits per heavy atom. The summed E-state index contributed by atoms with van der Waals surface area (Å²) in [6.07, 6.45) is 4.90. The summed E-state index contributed by atoms with van der Waals surface area (Å²) in [5.74, 6) is 0.658. The Morgan fingerprint density at radius 3 is 2.61 bits per heavy atom. The number of ketones is 2. The Balaban J connectivity index is 1.37. The Hall–Kier alpha value is -2.80. The second-order valence-electron chi connectivity index (χ2n) is 10.1. The lowest BCUT2D eigenvalue weighted by Gasteiger charge is -2.28. The summed E-state index contributed by atoms with van der Waals surface area (Å²) >= 11 is 0. The summed E-state index contributed by atoms with van der Waals surface area (Å²) in [5.41, 5.74) is 4.88. The molecule has 1 fully saturated rings. The molecule has 5 rings (SSSR count). The van der Waals surface area contributed by atoms with Crippen LogP contribution in [0.15, 0.2) is 48.5 Å². The van der Waals surface area contributed by atoms with E-state index < -0.39 is 0 Å². The van der Waals surface area contributed by atoms with E-state index in [2.05, 4.69) is 21.6 Å². The summed E-state index contributed by atoms with van der Waals surface area (Å²) in [7, 11) is 0. The van der Waals surface area contributed by atoms with Gasteiger partial charge in [0.2, 0.25) is 0 Å². The highest BCUT2D eigenvalue weighted by molar-refractivity contribution is 6.09. The SMILES string of the molecule is O=C(CCO)c1ccc(Cn2c3c(c4ccccc42)C(=O)CC(CCN2CCOCC2)CCC3)cc1. The zero-order chi connectivity index (χ0) is 24.9. The van der Waals surface area contributed by atoms with Crippen LogP contribution in [0.25, 0.3) is 10.9 Å². The predicted molar refractivity (Wildman–Crippen MR) is 141 cm³/mol. The summed E-state index contributed by atoms with van der Waals surface area (Å²) in [6.45, 7) is 5.20. The van der Waals surface area contributed by atoms with Crippen LogP contribution < -0.4 is 0 Å². The van der Waals surface area contributed by atoms with Crippen molar-refractivity contribution in [2.45, 2.75) is 45.1 Å². The molecule has 2 heterocycles. The molecule has 6 heteroatoms. The van der Waals surface area contributed by atoms with E-state index in [1.165, 1.54) is 0 Å². The molecule has 1 aliphatic carbocycles. The number of nitrogens with zero attached hydrogens (tertiary/aromatic N) is 2. The van der Waals surface area contributed by atoms with E-state index in [0.29, 0.717) is 24.4 Å². The number of Topliss-reactive ketones (excluding diaryl/α,β-unsaturated/α-hetero) is 2. The standard InChI is InChI=1S/C30H36N2O4/c33-17-13-28(34)24-10-8-23(9-11-24)21-32-26-6-2-1-5-25(26)30-27(32)7-3-4-22(20-29(30)35)12-14-31-15-18-36-19-16-31/h1-2,5-6,8-11,22,33H,3-4,7,12-21H2. The third kappa shape index (κ3) is 5.46. The number of morpholine rings is 1. The number of hydrogen-bond donors (Lipinski definition) is 1. The van der Waals surface area contributed by atoms with Gasteiger partial charge < -0.3 is 14.4 Å². The number of rotatable bonds is 8. The second-order valence-corrected chi connectivity index (χ2v) is 10.1. The monoisotopic (exact) mass is 488 g/mol. The fraction of sp³-hybridized carbons (Fsp3) is 0.467. The van der Waals surface area contributed by atoms with E-state index >= 15 is 0 Å². The van der Waals surface area contributed by atoms with Crippen LogP contribution in [-0.4, -0.2) is 65.6 Å². The van der Waals surface area contributed by atoms with Crippen molar-refractivity contribution in [3.8, 4) is 0 Å². The molecule has 0 bridgehead atoms. The Kier molecular flexibility index (Phi) is 7.95. The number of para-hydroxylation sites is 1. The normalized spacial score (nSPS) is 19.1. The van der Waals surface area contributed by atoms with Crippen LogP contribution in [0.5, 0.6) is 0 Å². The van der Waals surface area contributed by atoms with Crippen molar-refractivity contribution in [3.63, 3.8) is 0 Å². The van der Waals surface area contributed by atoms with Crippen molar-refractivity contribution < 1.29 is 19.4 Å². The molecule has 1 aliphatic heterocycles. The highest BCUT2D eigenvalue weighted by atomic mass is 16.5. The molecule has 0 radical (unpaired) electrons. The molecule has 3 aromatic rings. The molecular weight excluding hydrogens is 452 g/mol. The zero-order valence-electron chi connectivity index (χ0n) is 21.0. The highest BCUT2D eigenvalue weighted by Gasteiger charge is 2.27. The third-order valence-corrected chi connectivity index (χ3v) is 7.77. The van der Waals surface area contributed by atoms with Gasteiger partial charge >= 0.3 is 0 Å². The van der Waals surface area contributed by atoms with Gasteiger partial charge in [-0.05, 0) is 49.8 Å². The number of benzene rings is 2. The van der Waals surface area contributed by atoms with Crippen LogP contribution in [0.2, 0.25) is 0 Å². The molecule has 6 nitrogen and oxygen atoms in total. The fourth-order valence-electron chi connectivity index (χ4n) is 5.79. The number of aliphatic hydroxyl groups excluding tert-OH is 1. The smallest absolute Gasteiger partial charge is 0.165 e. The van der Waals surface area contributed by atoms with Crippen molar-refractivity contribution in [2.75, 3.05) is 39.5 Å². The summed E-state index contributed by atoms with van der Waals surface area (Å²) < 4.78 is 7.78. The Bertz CT molecular complexity index is 1210. The molecule has 1 saturated heterocycles. The van der Waals surface area contributed by atoms with Crippen molar-refractivity contribution in [1.29, 1.82) is 0 Å². The number of carbonyl (C=O) groups is 2. The number of aliphatic hydroxyl groups is 1. The van der Waals surface area contributed by atoms with E-state index in [4.69, 9.17) is 9.84 Å². The first-order valence-corrected chi connectivity index (χ1v) is 13.3. The molecule has 190 valence electrons. The number of hydrogen-bond acceptors (Lipinski definition) is 5. The summed E-state index contributed by atoms with van der Waals surface area (Å²) in [5, 5.41) is 10.1. The minimum atomic E-state index is -0.135. The number of ether oxygens (including phenoxy) is 1. The van der Waals surface area contributed by atoms with Crippen LogP contribution in [0, 0.1) is 5.92 Å². The van der Waals surface area contributed by atoms with Crippen LogP contribution in [0.3, 0.4) is 0 Å². The minimum absolute atomic E-state index is 0.0469. The first-order valence-electron chi connectivity index (χ1n) is 13.3. The molecule has 1 atom stereocenters. The first-order chi connectivity index (χ1) is 17.6. The second kappa shape index (κ2) is 11.5. The molecule has 2 aliphatic rings. The third-order valence-electron chi connectivity index (χ3n) is 7.77. The summed E-state index contributed by atoms with van der Waals surface area (Å²) in [4.78, 5) is 28.2. The maximum Gasteiger partial charge on any atom is 0.165 e. The zero-order valence-corrected chi connectivity index (χ0v) is 21.0. The van der Waals surface area contributed by atoms with Crippen LogP contribution in [0.1, 0.15) is 64.1 Å². The maximum absolute atomic E-state index is 13.7. The van der Waals surface area contributed by atoms with Crippen LogP contribution in [-0.2, 0) is 17.7 Å². The Labute approximate surface area is 212 Å². The lowest BCUT2D eigenvalue weighted by atomic mass is 9.86. The van der Waals surface area contributed by atoms with Gasteiger partial charge in [-0.3, -0.25) is 14.5 Å². The van der Waals surface area contributed by atoms with Gasteiger partial charge in [-0.25, -0.2) is 0 Å². The van der Waals surface area contributed by atoms with Gasteiger partial charge in [-0.15, -0.1) is 0 Å². The molecule has 36 heavy (non-hydrogen) atoms. The van der Waals surface area contributed by atoms with E-state index in [1.807, 2.05) is 36.4 Å². The van der Waals surface area contributed by atoms with E-state index in [-0.39, 0.29) is 24.6 Å². The maximum atomic E-state index is 13.7. The molecular formula is C30H36N2O4. The van der Waals surface area contributed by atoms with Crippen molar-refractivity contribution in [1.82, 2.24) is 9.47 Å². The number of carbonyl (C=O) groups excluding carboxylic acids is 2. The highest BCUT2D eigenvalue weighted by Crippen LogP contribution is 2.34. The molecule has 1 aromatic heterocycles. The van der Waals surface area contributed by atoms with Crippen molar-refractivity contribution >= 4 is 22.5 Å². The van der Waals surface area contributed by atoms with Crippen molar-refractivity contribution in [3.05, 3.63) is 70.9 Å². The predicted octanol–water partition coefficient (Wildman–Crippen LogP) is 4.50. The minimum Gasteiger partial charge on any atom is -0.396 e. The van der Waals surface area contributed by atoms with Gasteiger partial charge in [0.05, 0.1) is 19.8 Å². The number of fused-ring (bicyclic) bond motifs is 3. The largest absolute Gasteiger partial charge is 0.396 e. The molecule has 2 aromatic carbocycles. The lowest BCUT2D eigenvalue weighted by molar-refractivity contribution is 0.0349. The topological polar surface area (TPSA) is 71.8 Å². The average Bonchev–Trinajstić information content (AvgIpc) is 3.20. The Morgan fingerprint density at radius 2 is 1.83 bits per heavy atom. The van der Waals surface area contributed by atoms with Gasteiger partial charge in [0, 0.05) is 60.2 Å². The van der Waals surface area contributed by atoms with Gasteiger partial charge in [0.1, 0.15) is 0 Å². The quantitative estimate of drug-likeness (QED) is 0.473. The van der Waals surface area contributed by atoms with Gasteiger partial charge in [-0.1, -0.05) is 42.5 Å². The first kappa shape index (κ1) is 24.9. The molecule has 1 unspecified atom stereocenters. The van der Waals surface area contributed by atoms with Crippen molar-refractivity contribution in [2.24, 2.45) is 5.92 Å². The lowest BCUT2D eigenvalue weighted by Crippen LogP contribution is -2.37. The van der Waals surface area contributed by atoms with E-state index in [1.54, 1.807) is 0 Å². The average molecular weight is 489 g/mol. The van der Waals surface area contributed by atoms with Crippen LogP contribution >= 0.6 is 0 Å². The summed E-state index contributed by atoms with van der Waals surface area (Å²) in [6, 6.07) is 15.9. The molecule has 0 amide bonds. The number of aromatic nitrogens is 1. The molecule has 1 N–H and O–H groups in total. The van der Waals surface area contributed by atoms with E-state index in [9.17, 15) is 9.59 Å². The molecule has 0 spiro atoms. The van der Waals surface area contributed by atoms with Gasteiger partial charge in [-0.2, -0.15) is 0 Å². The van der Waals surface area contributed by atoms with Gasteiger partial charge in [0.15, 0.2) is 11.6 Å².